The van der Waals surface area contributed by atoms with Crippen LogP contribution in [0.2, 0.25) is 0 Å². The predicted molar refractivity (Wildman–Crippen MR) is 93.4 cm³/mol. The third kappa shape index (κ3) is 5.00. The Morgan fingerprint density at radius 2 is 2.00 bits per heavy atom. The number of ether oxygens (including phenoxy) is 2. The van der Waals surface area contributed by atoms with Gasteiger partial charge in [-0.3, -0.25) is 0 Å². The number of hydrogen-bond donors (Lipinski definition) is 3. The Bertz CT molecular complexity index is 714. The van der Waals surface area contributed by atoms with Gasteiger partial charge in [0.05, 0.1) is 11.6 Å². The molecule has 2 aromatic rings. The van der Waals surface area contributed by atoms with E-state index < -0.39 is 0 Å². The molecule has 0 saturated heterocycles. The normalized spacial score (nSPS) is 10.5. The minimum atomic E-state index is -0.0462. The lowest BCUT2D eigenvalue weighted by molar-refractivity contribution is -0.456. The van der Waals surface area contributed by atoms with Gasteiger partial charge in [-0.05, 0) is 33.6 Å². The molecule has 0 aliphatic heterocycles. The van der Waals surface area contributed by atoms with Gasteiger partial charge < -0.3 is 20.9 Å². The van der Waals surface area contributed by atoms with Crippen LogP contribution in [0.4, 0.5) is 0 Å². The Morgan fingerprint density at radius 1 is 1.26 bits per heavy atom. The monoisotopic (exact) mass is 377 g/mol. The molecule has 2 aromatic carbocycles. The standard InChI is InChI=1S/C16H17BrN4O2/c1-22-14-8-12(9-20-21-16(18)19)7-13(17)15(14)23-10-11-5-3-2-4-6-11/h2-9H,10H2,1H3,(H4,18,19,21)/p+1/b20-9+. The van der Waals surface area contributed by atoms with Gasteiger partial charge >= 0.3 is 0 Å². The van der Waals surface area contributed by atoms with Crippen LogP contribution in [0.5, 0.6) is 11.5 Å². The first-order valence-electron chi connectivity index (χ1n) is 6.82. The van der Waals surface area contributed by atoms with Crippen LogP contribution in [-0.4, -0.2) is 19.3 Å². The van der Waals surface area contributed by atoms with Gasteiger partial charge in [0.15, 0.2) is 11.5 Å². The topological polar surface area (TPSA) is 96.8 Å². The van der Waals surface area contributed by atoms with Crippen LogP contribution in [0.15, 0.2) is 52.0 Å². The summed E-state index contributed by atoms with van der Waals surface area (Å²) in [6.07, 6.45) is 1.65. The van der Waals surface area contributed by atoms with E-state index in [1.165, 1.54) is 0 Å². The molecule has 0 heterocycles. The molecule has 7 heteroatoms. The van der Waals surface area contributed by atoms with Crippen molar-refractivity contribution in [2.45, 2.75) is 6.61 Å². The minimum absolute atomic E-state index is 0.0462. The van der Waals surface area contributed by atoms with Crippen molar-refractivity contribution < 1.29 is 14.6 Å². The minimum Gasteiger partial charge on any atom is -0.493 e. The zero-order chi connectivity index (χ0) is 16.7. The van der Waals surface area contributed by atoms with Crippen molar-refractivity contribution in [2.75, 3.05) is 7.11 Å². The van der Waals surface area contributed by atoms with Gasteiger partial charge in [0.25, 0.3) is 5.96 Å². The number of nitrogens with two attached hydrogens (primary N) is 2. The number of benzene rings is 2. The zero-order valence-electron chi connectivity index (χ0n) is 12.6. The fourth-order valence-corrected chi connectivity index (χ4v) is 2.45. The third-order valence-electron chi connectivity index (χ3n) is 2.90. The fourth-order valence-electron chi connectivity index (χ4n) is 1.87. The Labute approximate surface area is 142 Å². The van der Waals surface area contributed by atoms with Gasteiger partial charge in [0, 0.05) is 10.7 Å². The van der Waals surface area contributed by atoms with Gasteiger partial charge in [0.1, 0.15) is 6.61 Å². The van der Waals surface area contributed by atoms with Crippen LogP contribution in [0, 0.1) is 0 Å². The maximum absolute atomic E-state index is 5.87. The molecule has 6 nitrogen and oxygen atoms in total. The fraction of sp³-hybridized carbons (Fsp3) is 0.125. The van der Waals surface area contributed by atoms with Gasteiger partial charge in [-0.15, -0.1) is 5.10 Å². The van der Waals surface area contributed by atoms with Crippen LogP contribution < -0.4 is 26.0 Å². The number of guanidine groups is 1. The molecule has 0 aliphatic carbocycles. The summed E-state index contributed by atoms with van der Waals surface area (Å²) in [5.41, 5.74) is 12.4. The third-order valence-corrected chi connectivity index (χ3v) is 3.49. The summed E-state index contributed by atoms with van der Waals surface area (Å²) >= 11 is 3.50. The molecule has 0 unspecified atom stereocenters. The summed E-state index contributed by atoms with van der Waals surface area (Å²) in [5.74, 6) is 1.19. The highest BCUT2D eigenvalue weighted by atomic mass is 79.9. The van der Waals surface area contributed by atoms with Gasteiger partial charge in [0.2, 0.25) is 6.21 Å². The zero-order valence-corrected chi connectivity index (χ0v) is 14.2. The Kier molecular flexibility index (Phi) is 5.99. The Hall–Kier alpha value is -2.54. The Balaban J connectivity index is 2.20. The van der Waals surface area contributed by atoms with E-state index in [0.717, 1.165) is 15.6 Å². The molecule has 120 valence electrons. The molecule has 0 amide bonds. The molecule has 0 aromatic heterocycles. The SMILES string of the molecule is COc1cc(/C=[NH+]/N=C(N)N)cc(Br)c1OCc1ccccc1. The number of nitrogens with one attached hydrogen (secondary N) is 1. The molecule has 0 atom stereocenters. The van der Waals surface area contributed by atoms with Crippen molar-refractivity contribution >= 4 is 28.1 Å². The second kappa shape index (κ2) is 8.19. The Morgan fingerprint density at radius 3 is 2.65 bits per heavy atom. The summed E-state index contributed by atoms with van der Waals surface area (Å²) in [7, 11) is 1.59. The summed E-state index contributed by atoms with van der Waals surface area (Å²) in [4.78, 5) is 0. The quantitative estimate of drug-likeness (QED) is 0.392. The second-order valence-electron chi connectivity index (χ2n) is 4.62. The van der Waals surface area contributed by atoms with Crippen molar-refractivity contribution in [1.29, 1.82) is 0 Å². The number of hydrazone groups is 1. The molecule has 2 rings (SSSR count). The number of rotatable bonds is 6. The van der Waals surface area contributed by atoms with Crippen LogP contribution in [-0.2, 0) is 6.61 Å². The summed E-state index contributed by atoms with van der Waals surface area (Å²) < 4.78 is 12.0. The number of halogens is 1. The summed E-state index contributed by atoms with van der Waals surface area (Å²) in [6, 6.07) is 13.6. The molecule has 0 saturated carbocycles. The number of methoxy groups -OCH3 is 1. The summed E-state index contributed by atoms with van der Waals surface area (Å²) in [6.45, 7) is 0.450. The highest BCUT2D eigenvalue weighted by molar-refractivity contribution is 9.10. The smallest absolute Gasteiger partial charge is 0.256 e. The highest BCUT2D eigenvalue weighted by Gasteiger charge is 2.12. The van der Waals surface area contributed by atoms with Gasteiger partial charge in [-0.2, -0.15) is 0 Å². The van der Waals surface area contributed by atoms with Crippen LogP contribution in [0.1, 0.15) is 11.1 Å². The lowest BCUT2D eigenvalue weighted by atomic mass is 10.2. The molecule has 0 aliphatic rings. The average molecular weight is 378 g/mol. The maximum atomic E-state index is 5.87. The predicted octanol–water partition coefficient (Wildman–Crippen LogP) is 0.725. The van der Waals surface area contributed by atoms with E-state index in [1.54, 1.807) is 13.3 Å². The molecular formula is C16H18BrN4O2+. The van der Waals surface area contributed by atoms with Crippen LogP contribution in [0.25, 0.3) is 0 Å². The molecule has 0 radical (unpaired) electrons. The van der Waals surface area contributed by atoms with E-state index in [2.05, 4.69) is 26.1 Å². The van der Waals surface area contributed by atoms with Crippen molar-refractivity contribution in [3.63, 3.8) is 0 Å². The molecular weight excluding hydrogens is 360 g/mol. The molecule has 0 bridgehead atoms. The van der Waals surface area contributed by atoms with Crippen molar-refractivity contribution in [3.8, 4) is 11.5 Å². The first kappa shape index (κ1) is 16.8. The average Bonchev–Trinajstić information content (AvgIpc) is 2.54. The lowest BCUT2D eigenvalue weighted by Crippen LogP contribution is -2.63. The molecule has 5 N–H and O–H groups in total. The van der Waals surface area contributed by atoms with Gasteiger partial charge in [-0.25, -0.2) is 0 Å². The van der Waals surface area contributed by atoms with E-state index in [-0.39, 0.29) is 5.96 Å². The first-order chi connectivity index (χ1) is 11.1. The highest BCUT2D eigenvalue weighted by Crippen LogP contribution is 2.36. The molecule has 23 heavy (non-hydrogen) atoms. The van der Waals surface area contributed by atoms with E-state index in [4.69, 9.17) is 20.9 Å². The lowest BCUT2D eigenvalue weighted by Gasteiger charge is -2.13. The summed E-state index contributed by atoms with van der Waals surface area (Å²) in [5, 5.41) is 6.34. The molecule has 0 fully saturated rings. The second-order valence-corrected chi connectivity index (χ2v) is 5.47. The van der Waals surface area contributed by atoms with Crippen molar-refractivity contribution in [1.82, 2.24) is 0 Å². The largest absolute Gasteiger partial charge is 0.493 e. The van der Waals surface area contributed by atoms with E-state index in [0.29, 0.717) is 18.1 Å². The van der Waals surface area contributed by atoms with E-state index in [1.807, 2.05) is 42.5 Å². The van der Waals surface area contributed by atoms with Gasteiger partial charge in [-0.1, -0.05) is 30.3 Å². The van der Waals surface area contributed by atoms with Crippen molar-refractivity contribution in [3.05, 3.63) is 58.1 Å². The van der Waals surface area contributed by atoms with Crippen molar-refractivity contribution in [2.24, 2.45) is 16.6 Å². The maximum Gasteiger partial charge on any atom is 0.256 e. The van der Waals surface area contributed by atoms with E-state index in [9.17, 15) is 0 Å². The molecule has 0 spiro atoms. The number of hydrogen-bond acceptors (Lipinski definition) is 3. The van der Waals surface area contributed by atoms with E-state index >= 15 is 0 Å². The number of nitrogens with zero attached hydrogens (tertiary/aromatic N) is 1. The van der Waals surface area contributed by atoms with Crippen LogP contribution in [0.3, 0.4) is 0 Å². The first-order valence-corrected chi connectivity index (χ1v) is 7.61. The van der Waals surface area contributed by atoms with Crippen LogP contribution >= 0.6 is 15.9 Å².